The molecule has 2 aromatic carbocycles. The SMILES string of the molecule is Cc1cc(N)cc(C(=O)Nc2cc(C)ccc2C)c1. The fraction of sp³-hybridized carbons (Fsp3) is 0.188. The Morgan fingerprint density at radius 3 is 2.42 bits per heavy atom. The number of nitrogens with one attached hydrogen (secondary N) is 1. The molecule has 0 unspecified atom stereocenters. The smallest absolute Gasteiger partial charge is 0.255 e. The highest BCUT2D eigenvalue weighted by atomic mass is 16.1. The monoisotopic (exact) mass is 254 g/mol. The van der Waals surface area contributed by atoms with Crippen LogP contribution in [0.5, 0.6) is 0 Å². The van der Waals surface area contributed by atoms with Crippen molar-refractivity contribution in [2.75, 3.05) is 11.1 Å². The summed E-state index contributed by atoms with van der Waals surface area (Å²) in [4.78, 5) is 12.2. The third-order valence-electron chi connectivity index (χ3n) is 3.00. The van der Waals surface area contributed by atoms with Gasteiger partial charge in [-0.05, 0) is 61.7 Å². The average Bonchev–Trinajstić information content (AvgIpc) is 2.32. The molecule has 3 heteroatoms. The Hall–Kier alpha value is -2.29. The van der Waals surface area contributed by atoms with Crippen molar-refractivity contribution in [1.82, 2.24) is 0 Å². The van der Waals surface area contributed by atoms with E-state index >= 15 is 0 Å². The minimum Gasteiger partial charge on any atom is -0.399 e. The van der Waals surface area contributed by atoms with Crippen LogP contribution >= 0.6 is 0 Å². The number of carbonyl (C=O) groups is 1. The Morgan fingerprint density at radius 1 is 1.00 bits per heavy atom. The summed E-state index contributed by atoms with van der Waals surface area (Å²) in [5.74, 6) is -0.135. The van der Waals surface area contributed by atoms with Crippen LogP contribution in [-0.2, 0) is 0 Å². The van der Waals surface area contributed by atoms with Gasteiger partial charge in [-0.2, -0.15) is 0 Å². The number of nitrogen functional groups attached to an aromatic ring is 1. The summed E-state index contributed by atoms with van der Waals surface area (Å²) in [6.45, 7) is 5.89. The van der Waals surface area contributed by atoms with Gasteiger partial charge >= 0.3 is 0 Å². The fourth-order valence-electron chi connectivity index (χ4n) is 2.01. The molecular weight excluding hydrogens is 236 g/mol. The van der Waals surface area contributed by atoms with Crippen LogP contribution in [-0.4, -0.2) is 5.91 Å². The first kappa shape index (κ1) is 13.1. The summed E-state index contributed by atoms with van der Waals surface area (Å²) in [6.07, 6.45) is 0. The van der Waals surface area contributed by atoms with Crippen molar-refractivity contribution >= 4 is 17.3 Å². The van der Waals surface area contributed by atoms with Crippen molar-refractivity contribution in [3.8, 4) is 0 Å². The predicted octanol–water partition coefficient (Wildman–Crippen LogP) is 3.45. The molecule has 1 amide bonds. The van der Waals surface area contributed by atoms with Crippen LogP contribution in [0, 0.1) is 20.8 Å². The molecular formula is C16H18N2O. The minimum absolute atomic E-state index is 0.135. The number of aryl methyl sites for hydroxylation is 3. The van der Waals surface area contributed by atoms with Crippen molar-refractivity contribution in [3.05, 3.63) is 58.7 Å². The van der Waals surface area contributed by atoms with Gasteiger partial charge in [0.15, 0.2) is 0 Å². The number of hydrogen-bond acceptors (Lipinski definition) is 2. The number of hydrogen-bond donors (Lipinski definition) is 2. The maximum absolute atomic E-state index is 12.2. The lowest BCUT2D eigenvalue weighted by Crippen LogP contribution is -2.13. The second-order valence-electron chi connectivity index (χ2n) is 4.90. The van der Waals surface area contributed by atoms with Crippen molar-refractivity contribution in [1.29, 1.82) is 0 Å². The minimum atomic E-state index is -0.135. The molecule has 0 bridgehead atoms. The molecule has 0 radical (unpaired) electrons. The van der Waals surface area contributed by atoms with E-state index in [0.29, 0.717) is 11.3 Å². The van der Waals surface area contributed by atoms with Crippen LogP contribution in [0.2, 0.25) is 0 Å². The van der Waals surface area contributed by atoms with Gasteiger partial charge in [0.2, 0.25) is 0 Å². The van der Waals surface area contributed by atoms with Crippen LogP contribution in [0.1, 0.15) is 27.0 Å². The molecule has 2 rings (SSSR count). The fourth-order valence-corrected chi connectivity index (χ4v) is 2.01. The van der Waals surface area contributed by atoms with E-state index in [1.165, 1.54) is 0 Å². The lowest BCUT2D eigenvalue weighted by molar-refractivity contribution is 0.102. The number of benzene rings is 2. The molecule has 0 aliphatic carbocycles. The number of rotatable bonds is 2. The van der Waals surface area contributed by atoms with Crippen LogP contribution < -0.4 is 11.1 Å². The van der Waals surface area contributed by atoms with Crippen molar-refractivity contribution in [2.24, 2.45) is 0 Å². The largest absolute Gasteiger partial charge is 0.399 e. The first-order valence-electron chi connectivity index (χ1n) is 6.21. The van der Waals surface area contributed by atoms with Crippen LogP contribution in [0.25, 0.3) is 0 Å². The zero-order chi connectivity index (χ0) is 14.0. The van der Waals surface area contributed by atoms with E-state index in [4.69, 9.17) is 5.73 Å². The zero-order valence-electron chi connectivity index (χ0n) is 11.4. The van der Waals surface area contributed by atoms with Gasteiger partial charge in [-0.3, -0.25) is 4.79 Å². The molecule has 0 aliphatic rings. The Bertz CT molecular complexity index is 612. The highest BCUT2D eigenvalue weighted by Crippen LogP contribution is 2.18. The Balaban J connectivity index is 2.28. The average molecular weight is 254 g/mol. The van der Waals surface area contributed by atoms with Crippen molar-refractivity contribution < 1.29 is 4.79 Å². The second kappa shape index (κ2) is 5.14. The van der Waals surface area contributed by atoms with E-state index in [2.05, 4.69) is 5.32 Å². The molecule has 0 heterocycles. The first-order chi connectivity index (χ1) is 8.95. The van der Waals surface area contributed by atoms with Crippen LogP contribution in [0.4, 0.5) is 11.4 Å². The van der Waals surface area contributed by atoms with E-state index in [0.717, 1.165) is 22.4 Å². The summed E-state index contributed by atoms with van der Waals surface area (Å²) in [5.41, 5.74) is 10.9. The lowest BCUT2D eigenvalue weighted by atomic mass is 10.1. The van der Waals surface area contributed by atoms with Gasteiger partial charge < -0.3 is 11.1 Å². The molecule has 3 N–H and O–H groups in total. The van der Waals surface area contributed by atoms with Crippen LogP contribution in [0.3, 0.4) is 0 Å². The Morgan fingerprint density at radius 2 is 1.74 bits per heavy atom. The molecule has 0 fully saturated rings. The molecule has 19 heavy (non-hydrogen) atoms. The quantitative estimate of drug-likeness (QED) is 0.806. The van der Waals surface area contributed by atoms with Gasteiger partial charge in [0.1, 0.15) is 0 Å². The number of amides is 1. The van der Waals surface area contributed by atoms with Gasteiger partial charge in [-0.1, -0.05) is 12.1 Å². The van der Waals surface area contributed by atoms with Crippen LogP contribution in [0.15, 0.2) is 36.4 Å². The van der Waals surface area contributed by atoms with Crippen molar-refractivity contribution in [3.63, 3.8) is 0 Å². The highest BCUT2D eigenvalue weighted by molar-refractivity contribution is 6.05. The van der Waals surface area contributed by atoms with Gasteiger partial charge in [-0.15, -0.1) is 0 Å². The van der Waals surface area contributed by atoms with E-state index in [1.807, 2.05) is 51.1 Å². The van der Waals surface area contributed by atoms with Gasteiger partial charge in [0.25, 0.3) is 5.91 Å². The molecule has 98 valence electrons. The molecule has 0 saturated carbocycles. The summed E-state index contributed by atoms with van der Waals surface area (Å²) in [7, 11) is 0. The number of carbonyl (C=O) groups excluding carboxylic acids is 1. The third-order valence-corrected chi connectivity index (χ3v) is 3.00. The van der Waals surface area contributed by atoms with Crippen molar-refractivity contribution in [2.45, 2.75) is 20.8 Å². The summed E-state index contributed by atoms with van der Waals surface area (Å²) in [6, 6.07) is 11.3. The van der Waals surface area contributed by atoms with Gasteiger partial charge in [0.05, 0.1) is 0 Å². The Kier molecular flexibility index (Phi) is 3.56. The molecule has 0 aromatic heterocycles. The van der Waals surface area contributed by atoms with E-state index < -0.39 is 0 Å². The number of nitrogens with two attached hydrogens (primary N) is 1. The summed E-state index contributed by atoms with van der Waals surface area (Å²) >= 11 is 0. The van der Waals surface area contributed by atoms with E-state index in [9.17, 15) is 4.79 Å². The summed E-state index contributed by atoms with van der Waals surface area (Å²) in [5, 5.41) is 2.93. The maximum Gasteiger partial charge on any atom is 0.255 e. The summed E-state index contributed by atoms with van der Waals surface area (Å²) < 4.78 is 0. The predicted molar refractivity (Wildman–Crippen MR) is 79.5 cm³/mol. The second-order valence-corrected chi connectivity index (χ2v) is 4.90. The lowest BCUT2D eigenvalue weighted by Gasteiger charge is -2.10. The topological polar surface area (TPSA) is 55.1 Å². The van der Waals surface area contributed by atoms with Gasteiger partial charge in [-0.25, -0.2) is 0 Å². The Labute approximate surface area is 113 Å². The normalized spacial score (nSPS) is 10.3. The molecule has 3 nitrogen and oxygen atoms in total. The highest BCUT2D eigenvalue weighted by Gasteiger charge is 2.09. The molecule has 2 aromatic rings. The molecule has 0 saturated heterocycles. The maximum atomic E-state index is 12.2. The first-order valence-corrected chi connectivity index (χ1v) is 6.21. The van der Waals surface area contributed by atoms with E-state index in [-0.39, 0.29) is 5.91 Å². The molecule has 0 atom stereocenters. The van der Waals surface area contributed by atoms with E-state index in [1.54, 1.807) is 6.07 Å². The third kappa shape index (κ3) is 3.13. The van der Waals surface area contributed by atoms with Gasteiger partial charge in [0, 0.05) is 16.9 Å². The molecule has 0 aliphatic heterocycles. The molecule has 0 spiro atoms. The standard InChI is InChI=1S/C16H18N2O/c1-10-4-5-12(3)15(8-10)18-16(19)13-6-11(2)7-14(17)9-13/h4-9H,17H2,1-3H3,(H,18,19). The zero-order valence-corrected chi connectivity index (χ0v) is 11.4. The number of anilines is 2.